The fourth-order valence-corrected chi connectivity index (χ4v) is 5.59. The number of carbonyl (C=O) groups excluding carboxylic acids is 1. The summed E-state index contributed by atoms with van der Waals surface area (Å²) in [6.45, 7) is 4.24. The van der Waals surface area contributed by atoms with Gasteiger partial charge in [-0.3, -0.25) is 4.79 Å². The molecule has 8 heteroatoms. The van der Waals surface area contributed by atoms with Crippen molar-refractivity contribution < 1.29 is 19.4 Å². The highest BCUT2D eigenvalue weighted by atomic mass is 16.5. The molecule has 2 aliphatic rings. The molecule has 1 aromatic carbocycles. The Morgan fingerprint density at radius 1 is 1.03 bits per heavy atom. The molecule has 1 amide bonds. The fraction of sp³-hybridized carbons (Fsp3) is 0.444. The minimum Gasteiger partial charge on any atom is -0.480 e. The van der Waals surface area contributed by atoms with Crippen molar-refractivity contribution in [2.24, 2.45) is 0 Å². The van der Waals surface area contributed by atoms with Gasteiger partial charge in [-0.2, -0.15) is 4.98 Å². The first kappa shape index (κ1) is 23.4. The van der Waals surface area contributed by atoms with Gasteiger partial charge in [-0.1, -0.05) is 30.3 Å². The number of amides is 1. The third-order valence-electron chi connectivity index (χ3n) is 7.15. The number of fused-ring (bicyclic) bond motifs is 1. The highest BCUT2D eigenvalue weighted by Gasteiger charge is 2.46. The Morgan fingerprint density at radius 2 is 1.74 bits per heavy atom. The second-order valence-corrected chi connectivity index (χ2v) is 9.56. The Hall–Kier alpha value is -3.39. The van der Waals surface area contributed by atoms with Crippen LogP contribution in [0.1, 0.15) is 73.2 Å². The topological polar surface area (TPSA) is 89.7 Å². The van der Waals surface area contributed by atoms with E-state index < -0.39 is 0 Å². The molecular weight excluding hydrogens is 444 g/mol. The van der Waals surface area contributed by atoms with Crippen molar-refractivity contribution in [2.75, 3.05) is 14.2 Å². The van der Waals surface area contributed by atoms with E-state index >= 15 is 0 Å². The third-order valence-corrected chi connectivity index (χ3v) is 7.15. The largest absolute Gasteiger partial charge is 0.480 e. The van der Waals surface area contributed by atoms with E-state index in [0.717, 1.165) is 42.6 Å². The lowest BCUT2D eigenvalue weighted by Crippen LogP contribution is -2.42. The first-order valence-electron chi connectivity index (χ1n) is 12.2. The number of hydrogen-bond donors (Lipinski definition) is 1. The summed E-state index contributed by atoms with van der Waals surface area (Å²) >= 11 is 0. The van der Waals surface area contributed by atoms with Crippen LogP contribution >= 0.6 is 0 Å². The fourth-order valence-electron chi connectivity index (χ4n) is 5.59. The zero-order valence-corrected chi connectivity index (χ0v) is 20.6. The van der Waals surface area contributed by atoms with Gasteiger partial charge in [0, 0.05) is 18.3 Å². The van der Waals surface area contributed by atoms with E-state index in [1.807, 2.05) is 24.3 Å². The summed E-state index contributed by atoms with van der Waals surface area (Å²) < 4.78 is 13.0. The standard InChI is InChI=1S/C27H32N4O4/c1-16(2)30-22(21-15-28-27(35-4)29-25(21)34-3)14-20-24(30)23(17-8-6-5-7-9-17)31(26(20)33)18-10-12-19(32)13-11-18/h5-9,14-16,18-19,23,32H,10-13H2,1-4H3. The summed E-state index contributed by atoms with van der Waals surface area (Å²) in [5.41, 5.74) is 4.32. The molecule has 1 N–H and O–H groups in total. The van der Waals surface area contributed by atoms with Crippen LogP contribution in [0.2, 0.25) is 0 Å². The Morgan fingerprint density at radius 3 is 2.37 bits per heavy atom. The van der Waals surface area contributed by atoms with Crippen molar-refractivity contribution >= 4 is 5.91 Å². The Kier molecular flexibility index (Phi) is 6.23. The number of hydrogen-bond acceptors (Lipinski definition) is 6. The summed E-state index contributed by atoms with van der Waals surface area (Å²) in [6.07, 6.45) is 4.45. The molecule has 0 saturated heterocycles. The second kappa shape index (κ2) is 9.34. The first-order chi connectivity index (χ1) is 16.9. The van der Waals surface area contributed by atoms with Gasteiger partial charge in [0.15, 0.2) is 0 Å². The lowest BCUT2D eigenvalue weighted by atomic mass is 9.90. The summed E-state index contributed by atoms with van der Waals surface area (Å²) in [5, 5.41) is 10.1. The highest BCUT2D eigenvalue weighted by Crippen LogP contribution is 2.47. The average molecular weight is 477 g/mol. The maximum atomic E-state index is 14.0. The minimum absolute atomic E-state index is 0.0317. The zero-order valence-electron chi connectivity index (χ0n) is 20.6. The Labute approximate surface area is 205 Å². The van der Waals surface area contributed by atoms with Crippen molar-refractivity contribution in [3.05, 3.63) is 59.4 Å². The molecule has 1 atom stereocenters. The highest BCUT2D eigenvalue weighted by molar-refractivity contribution is 6.01. The lowest BCUT2D eigenvalue weighted by Gasteiger charge is -2.38. The van der Waals surface area contributed by atoms with Crippen LogP contribution < -0.4 is 9.47 Å². The van der Waals surface area contributed by atoms with Crippen molar-refractivity contribution in [1.82, 2.24) is 19.4 Å². The quantitative estimate of drug-likeness (QED) is 0.568. The SMILES string of the molecule is COc1ncc(-c2cc3c(n2C(C)C)C(c2ccccc2)N(C2CCC(O)CC2)C3=O)c(OC)n1. The van der Waals surface area contributed by atoms with Gasteiger partial charge < -0.3 is 24.0 Å². The maximum Gasteiger partial charge on any atom is 0.319 e. The molecule has 1 aliphatic carbocycles. The number of nitrogens with zero attached hydrogens (tertiary/aromatic N) is 4. The van der Waals surface area contributed by atoms with Crippen LogP contribution in [0.5, 0.6) is 11.9 Å². The predicted octanol–water partition coefficient (Wildman–Crippen LogP) is 4.39. The van der Waals surface area contributed by atoms with Gasteiger partial charge in [0.1, 0.15) is 0 Å². The summed E-state index contributed by atoms with van der Waals surface area (Å²) in [4.78, 5) is 24.7. The molecule has 1 fully saturated rings. The number of methoxy groups -OCH3 is 2. The van der Waals surface area contributed by atoms with Gasteiger partial charge in [-0.05, 0) is 51.2 Å². The maximum absolute atomic E-state index is 14.0. The third kappa shape index (κ3) is 3.95. The molecule has 35 heavy (non-hydrogen) atoms. The van der Waals surface area contributed by atoms with Gasteiger partial charge in [0.25, 0.3) is 5.91 Å². The van der Waals surface area contributed by atoms with Crippen LogP contribution in [-0.2, 0) is 0 Å². The van der Waals surface area contributed by atoms with E-state index in [2.05, 4.69) is 45.4 Å². The van der Waals surface area contributed by atoms with Crippen molar-refractivity contribution in [1.29, 1.82) is 0 Å². The minimum atomic E-state index is -0.278. The van der Waals surface area contributed by atoms with E-state index in [1.165, 1.54) is 7.11 Å². The molecule has 0 bridgehead atoms. The summed E-state index contributed by atoms with van der Waals surface area (Å²) in [7, 11) is 3.08. The van der Waals surface area contributed by atoms with Gasteiger partial charge in [-0.25, -0.2) is 4.98 Å². The molecule has 8 nitrogen and oxygen atoms in total. The van der Waals surface area contributed by atoms with Crippen molar-refractivity contribution in [2.45, 2.75) is 63.8 Å². The molecular formula is C27H32N4O4. The van der Waals surface area contributed by atoms with E-state index in [9.17, 15) is 9.90 Å². The molecule has 2 aromatic heterocycles. The molecule has 1 saturated carbocycles. The number of rotatable bonds is 6. The molecule has 3 heterocycles. The van der Waals surface area contributed by atoms with Gasteiger partial charge in [0.05, 0.1) is 48.9 Å². The van der Waals surface area contributed by atoms with E-state index in [4.69, 9.17) is 9.47 Å². The van der Waals surface area contributed by atoms with Crippen LogP contribution in [0.3, 0.4) is 0 Å². The lowest BCUT2D eigenvalue weighted by molar-refractivity contribution is 0.0458. The molecule has 184 valence electrons. The predicted molar refractivity (Wildman–Crippen MR) is 132 cm³/mol. The average Bonchev–Trinajstić information content (AvgIpc) is 3.40. The molecule has 1 aliphatic heterocycles. The van der Waals surface area contributed by atoms with Gasteiger partial charge >= 0.3 is 6.01 Å². The summed E-state index contributed by atoms with van der Waals surface area (Å²) in [6, 6.07) is 12.4. The number of aliphatic hydroxyl groups excluding tert-OH is 1. The number of carbonyl (C=O) groups is 1. The van der Waals surface area contributed by atoms with E-state index in [1.54, 1.807) is 13.3 Å². The van der Waals surface area contributed by atoms with E-state index in [0.29, 0.717) is 17.0 Å². The molecule has 0 radical (unpaired) electrons. The number of aliphatic hydroxyl groups is 1. The zero-order chi connectivity index (χ0) is 24.7. The van der Waals surface area contributed by atoms with Crippen LogP contribution in [0, 0.1) is 0 Å². The smallest absolute Gasteiger partial charge is 0.319 e. The monoisotopic (exact) mass is 476 g/mol. The number of ether oxygens (including phenoxy) is 2. The Bertz CT molecular complexity index is 1220. The van der Waals surface area contributed by atoms with E-state index in [-0.39, 0.29) is 36.1 Å². The number of benzene rings is 1. The van der Waals surface area contributed by atoms with Crippen LogP contribution in [0.15, 0.2) is 42.6 Å². The van der Waals surface area contributed by atoms with Crippen LogP contribution in [0.25, 0.3) is 11.3 Å². The normalized spacial score (nSPS) is 21.9. The van der Waals surface area contributed by atoms with Crippen molar-refractivity contribution in [3.63, 3.8) is 0 Å². The number of aromatic nitrogens is 3. The molecule has 3 aromatic rings. The second-order valence-electron chi connectivity index (χ2n) is 9.56. The van der Waals surface area contributed by atoms with Crippen LogP contribution in [0.4, 0.5) is 0 Å². The van der Waals surface area contributed by atoms with Gasteiger partial charge in [-0.15, -0.1) is 0 Å². The Balaban J connectivity index is 1.69. The van der Waals surface area contributed by atoms with Crippen molar-refractivity contribution in [3.8, 4) is 23.1 Å². The first-order valence-corrected chi connectivity index (χ1v) is 12.2. The molecule has 1 unspecified atom stereocenters. The summed E-state index contributed by atoms with van der Waals surface area (Å²) in [5.74, 6) is 0.432. The van der Waals surface area contributed by atoms with Gasteiger partial charge in [0.2, 0.25) is 5.88 Å². The molecule has 0 spiro atoms. The molecule has 5 rings (SSSR count). The van der Waals surface area contributed by atoms with Crippen LogP contribution in [-0.4, -0.2) is 56.8 Å².